The minimum atomic E-state index is -0.574. The van der Waals surface area contributed by atoms with Gasteiger partial charge in [-0.05, 0) is 12.8 Å². The summed E-state index contributed by atoms with van der Waals surface area (Å²) in [5.74, 6) is -1.17. The van der Waals surface area contributed by atoms with Crippen molar-refractivity contribution < 1.29 is 19.3 Å². The van der Waals surface area contributed by atoms with Gasteiger partial charge in [-0.15, -0.1) is 0 Å². The van der Waals surface area contributed by atoms with Gasteiger partial charge < -0.3 is 16.0 Å². The lowest BCUT2D eigenvalue weighted by Crippen LogP contribution is -2.44. The fraction of sp³-hybridized carbons (Fsp3) is 0.438. The number of hydrogen-bond donors (Lipinski definition) is 2. The number of nitrogens with two attached hydrogens (primary N) is 1. The number of benzene rings is 1. The molecule has 0 saturated carbocycles. The van der Waals surface area contributed by atoms with E-state index >= 15 is 0 Å². The molecule has 1 unspecified atom stereocenters. The van der Waals surface area contributed by atoms with E-state index in [4.69, 9.17) is 5.73 Å². The number of carbonyl (C=O) groups is 3. The SMILES string of the molecule is NC(=O)C1CCCN1C(=O)CCNC(=O)Cc1ccccc1[N+](=O)[O-]. The van der Waals surface area contributed by atoms with Crippen molar-refractivity contribution in [2.24, 2.45) is 5.73 Å². The van der Waals surface area contributed by atoms with Crippen molar-refractivity contribution in [3.8, 4) is 0 Å². The molecule has 0 spiro atoms. The van der Waals surface area contributed by atoms with Crippen LogP contribution in [0, 0.1) is 10.1 Å². The van der Waals surface area contributed by atoms with Gasteiger partial charge in [-0.2, -0.15) is 0 Å². The Morgan fingerprint density at radius 3 is 2.72 bits per heavy atom. The summed E-state index contributed by atoms with van der Waals surface area (Å²) >= 11 is 0. The van der Waals surface area contributed by atoms with Crippen molar-refractivity contribution in [3.05, 3.63) is 39.9 Å². The van der Waals surface area contributed by atoms with Crippen LogP contribution >= 0.6 is 0 Å². The van der Waals surface area contributed by atoms with E-state index in [9.17, 15) is 24.5 Å². The Bertz CT molecular complexity index is 691. The highest BCUT2D eigenvalue weighted by Gasteiger charge is 2.32. The van der Waals surface area contributed by atoms with Gasteiger partial charge in [0.2, 0.25) is 17.7 Å². The maximum Gasteiger partial charge on any atom is 0.273 e. The number of primary amides is 1. The summed E-state index contributed by atoms with van der Waals surface area (Å²) in [6.45, 7) is 0.580. The first-order valence-corrected chi connectivity index (χ1v) is 7.98. The van der Waals surface area contributed by atoms with E-state index in [1.54, 1.807) is 6.07 Å². The summed E-state index contributed by atoms with van der Waals surface area (Å²) in [7, 11) is 0. The number of hydrogen-bond acceptors (Lipinski definition) is 5. The topological polar surface area (TPSA) is 136 Å². The number of amides is 3. The third kappa shape index (κ3) is 4.75. The molecule has 1 aliphatic rings. The Balaban J connectivity index is 1.82. The zero-order valence-electron chi connectivity index (χ0n) is 13.6. The van der Waals surface area contributed by atoms with Gasteiger partial charge in [0, 0.05) is 31.1 Å². The molecule has 3 amide bonds. The summed E-state index contributed by atoms with van der Waals surface area (Å²) in [5, 5.41) is 13.5. The molecule has 25 heavy (non-hydrogen) atoms. The third-order valence-corrected chi connectivity index (χ3v) is 4.10. The van der Waals surface area contributed by atoms with Crippen LogP contribution in [0.5, 0.6) is 0 Å². The highest BCUT2D eigenvalue weighted by molar-refractivity contribution is 5.87. The summed E-state index contributed by atoms with van der Waals surface area (Å²) in [6, 6.07) is 5.43. The highest BCUT2D eigenvalue weighted by Crippen LogP contribution is 2.19. The van der Waals surface area contributed by atoms with E-state index in [2.05, 4.69) is 5.32 Å². The van der Waals surface area contributed by atoms with Crippen molar-refractivity contribution in [3.63, 3.8) is 0 Å². The predicted molar refractivity (Wildman–Crippen MR) is 88.4 cm³/mol. The maximum absolute atomic E-state index is 12.1. The highest BCUT2D eigenvalue weighted by atomic mass is 16.6. The fourth-order valence-electron chi connectivity index (χ4n) is 2.89. The lowest BCUT2D eigenvalue weighted by molar-refractivity contribution is -0.385. The van der Waals surface area contributed by atoms with Crippen molar-refractivity contribution in [1.82, 2.24) is 10.2 Å². The first-order valence-electron chi connectivity index (χ1n) is 7.98. The molecular weight excluding hydrogens is 328 g/mol. The zero-order chi connectivity index (χ0) is 18.4. The minimum Gasteiger partial charge on any atom is -0.368 e. The molecule has 1 aromatic rings. The van der Waals surface area contributed by atoms with Crippen LogP contribution < -0.4 is 11.1 Å². The zero-order valence-corrected chi connectivity index (χ0v) is 13.6. The molecule has 1 heterocycles. The van der Waals surface area contributed by atoms with Crippen molar-refractivity contribution in [2.45, 2.75) is 31.7 Å². The Labute approximate surface area is 144 Å². The molecule has 9 heteroatoms. The average Bonchev–Trinajstić information content (AvgIpc) is 3.05. The molecule has 9 nitrogen and oxygen atoms in total. The second-order valence-corrected chi connectivity index (χ2v) is 5.81. The van der Waals surface area contributed by atoms with Crippen molar-refractivity contribution in [1.29, 1.82) is 0 Å². The van der Waals surface area contributed by atoms with Crippen LogP contribution in [-0.4, -0.2) is 46.7 Å². The van der Waals surface area contributed by atoms with Gasteiger partial charge >= 0.3 is 0 Å². The quantitative estimate of drug-likeness (QED) is 0.533. The molecule has 0 aromatic heterocycles. The molecule has 0 aliphatic carbocycles. The molecule has 0 radical (unpaired) electrons. The second kappa shape index (κ2) is 8.22. The number of carbonyl (C=O) groups excluding carboxylic acids is 3. The number of nitro benzene ring substituents is 1. The van der Waals surface area contributed by atoms with Crippen molar-refractivity contribution >= 4 is 23.4 Å². The van der Waals surface area contributed by atoms with Crippen LogP contribution in [0.3, 0.4) is 0 Å². The Morgan fingerprint density at radius 1 is 1.32 bits per heavy atom. The lowest BCUT2D eigenvalue weighted by Gasteiger charge is -2.22. The van der Waals surface area contributed by atoms with Crippen LogP contribution in [0.4, 0.5) is 5.69 Å². The average molecular weight is 348 g/mol. The summed E-state index contributed by atoms with van der Waals surface area (Å²) in [5.41, 5.74) is 5.46. The smallest absolute Gasteiger partial charge is 0.273 e. The van der Waals surface area contributed by atoms with Gasteiger partial charge in [-0.25, -0.2) is 0 Å². The molecule has 1 atom stereocenters. The first kappa shape index (κ1) is 18.4. The number of nitro groups is 1. The Hall–Kier alpha value is -2.97. The molecule has 134 valence electrons. The van der Waals surface area contributed by atoms with Crippen LogP contribution in [0.2, 0.25) is 0 Å². The van der Waals surface area contributed by atoms with E-state index in [0.717, 1.165) is 6.42 Å². The number of nitrogens with zero attached hydrogens (tertiary/aromatic N) is 2. The number of para-hydroxylation sites is 1. The van der Waals surface area contributed by atoms with Crippen LogP contribution in [-0.2, 0) is 20.8 Å². The van der Waals surface area contributed by atoms with Gasteiger partial charge in [0.1, 0.15) is 6.04 Å². The fourth-order valence-corrected chi connectivity index (χ4v) is 2.89. The number of rotatable bonds is 7. The van der Waals surface area contributed by atoms with Gasteiger partial charge in [-0.3, -0.25) is 24.5 Å². The normalized spacial score (nSPS) is 16.5. The molecule has 3 N–H and O–H groups in total. The molecule has 1 saturated heterocycles. The summed E-state index contributed by atoms with van der Waals surface area (Å²) < 4.78 is 0. The van der Waals surface area contributed by atoms with Gasteiger partial charge in [0.15, 0.2) is 0 Å². The lowest BCUT2D eigenvalue weighted by atomic mass is 10.1. The summed E-state index contributed by atoms with van der Waals surface area (Å²) in [6.07, 6.45) is 1.19. The van der Waals surface area contributed by atoms with Gasteiger partial charge in [0.25, 0.3) is 5.69 Å². The molecule has 1 aliphatic heterocycles. The third-order valence-electron chi connectivity index (χ3n) is 4.10. The van der Waals surface area contributed by atoms with Crippen LogP contribution in [0.15, 0.2) is 24.3 Å². The molecule has 1 aromatic carbocycles. The van der Waals surface area contributed by atoms with Gasteiger partial charge in [0.05, 0.1) is 11.3 Å². The summed E-state index contributed by atoms with van der Waals surface area (Å²) in [4.78, 5) is 47.2. The van der Waals surface area contributed by atoms with E-state index in [-0.39, 0.29) is 31.0 Å². The van der Waals surface area contributed by atoms with Gasteiger partial charge in [-0.1, -0.05) is 18.2 Å². The Morgan fingerprint density at radius 2 is 2.04 bits per heavy atom. The van der Waals surface area contributed by atoms with E-state index in [0.29, 0.717) is 18.5 Å². The second-order valence-electron chi connectivity index (χ2n) is 5.81. The van der Waals surface area contributed by atoms with Crippen molar-refractivity contribution in [2.75, 3.05) is 13.1 Å². The molecular formula is C16H20N4O5. The monoisotopic (exact) mass is 348 g/mol. The van der Waals surface area contributed by atoms with E-state index < -0.39 is 22.8 Å². The molecule has 0 bridgehead atoms. The molecule has 2 rings (SSSR count). The van der Waals surface area contributed by atoms with Crippen LogP contribution in [0.25, 0.3) is 0 Å². The van der Waals surface area contributed by atoms with E-state index in [1.807, 2.05) is 0 Å². The first-order chi connectivity index (χ1) is 11.9. The minimum absolute atomic E-state index is 0.0480. The van der Waals surface area contributed by atoms with E-state index in [1.165, 1.54) is 23.1 Å². The number of likely N-dealkylation sites (tertiary alicyclic amines) is 1. The standard InChI is InChI=1S/C16H20N4O5/c17-16(23)13-6-3-9-19(13)15(22)7-8-18-14(21)10-11-4-1-2-5-12(11)20(24)25/h1-2,4-5,13H,3,6-10H2,(H2,17,23)(H,18,21). The molecule has 1 fully saturated rings. The number of nitrogens with one attached hydrogen (secondary N) is 1. The van der Waals surface area contributed by atoms with Crippen LogP contribution in [0.1, 0.15) is 24.8 Å². The maximum atomic E-state index is 12.1. The largest absolute Gasteiger partial charge is 0.368 e. The Kier molecular flexibility index (Phi) is 6.04. The predicted octanol–water partition coefficient (Wildman–Crippen LogP) is 0.120.